The second-order valence-electron chi connectivity index (χ2n) is 7.12. The molecule has 4 rings (SSSR count). The summed E-state index contributed by atoms with van der Waals surface area (Å²) in [5.41, 5.74) is 1.57. The second-order valence-corrected chi connectivity index (χ2v) is 8.15. The monoisotopic (exact) mass is 423 g/mol. The van der Waals surface area contributed by atoms with Crippen LogP contribution in [0.25, 0.3) is 11.6 Å². The van der Waals surface area contributed by atoms with Gasteiger partial charge in [-0.2, -0.15) is 0 Å². The number of rotatable bonds is 6. The van der Waals surface area contributed by atoms with Crippen LogP contribution in [-0.2, 0) is 11.3 Å². The number of furan rings is 1. The van der Waals surface area contributed by atoms with Gasteiger partial charge in [-0.15, -0.1) is 11.3 Å². The van der Waals surface area contributed by atoms with E-state index in [1.54, 1.807) is 55.6 Å². The Morgan fingerprint density at radius 2 is 2.20 bits per heavy atom. The molecule has 7 nitrogen and oxygen atoms in total. The number of carbonyl (C=O) groups is 1. The molecular weight excluding hydrogens is 402 g/mol. The molecule has 8 heteroatoms. The number of nitrogens with zero attached hydrogens (tertiary/aromatic N) is 3. The van der Waals surface area contributed by atoms with Crippen LogP contribution in [0.5, 0.6) is 5.75 Å². The molecule has 1 aliphatic rings. The Morgan fingerprint density at radius 3 is 2.93 bits per heavy atom. The summed E-state index contributed by atoms with van der Waals surface area (Å²) in [5, 5.41) is 12.8. The first-order valence-corrected chi connectivity index (χ1v) is 10.3. The largest absolute Gasteiger partial charge is 0.504 e. The van der Waals surface area contributed by atoms with E-state index in [9.17, 15) is 9.90 Å². The highest BCUT2D eigenvalue weighted by atomic mass is 32.1. The van der Waals surface area contributed by atoms with E-state index in [1.807, 2.05) is 29.6 Å². The molecule has 1 aliphatic heterocycles. The summed E-state index contributed by atoms with van der Waals surface area (Å²) in [6, 6.07) is 7.66. The van der Waals surface area contributed by atoms with Gasteiger partial charge >= 0.3 is 5.97 Å². The Labute approximate surface area is 178 Å². The lowest BCUT2D eigenvalue weighted by Crippen LogP contribution is -2.19. The lowest BCUT2D eigenvalue weighted by Gasteiger charge is -2.17. The zero-order valence-corrected chi connectivity index (χ0v) is 17.6. The second kappa shape index (κ2) is 8.16. The summed E-state index contributed by atoms with van der Waals surface area (Å²) in [7, 11) is 1.80. The molecular formula is C22H21N3O4S. The van der Waals surface area contributed by atoms with Crippen molar-refractivity contribution in [3.63, 3.8) is 0 Å². The summed E-state index contributed by atoms with van der Waals surface area (Å²) in [6.45, 7) is 4.04. The Balaban J connectivity index is 1.75. The molecule has 0 saturated carbocycles. The Kier molecular flexibility index (Phi) is 5.41. The van der Waals surface area contributed by atoms with Crippen molar-refractivity contribution in [2.24, 2.45) is 4.99 Å². The SMILES string of the molecule is CC(C)OC(=O)c1c(N(C)Cc2cccs2)oc(C=C2C=Nc3ncccc32)c1O. The fourth-order valence-electron chi connectivity index (χ4n) is 3.14. The van der Waals surface area contributed by atoms with Gasteiger partial charge in [0.1, 0.15) is 0 Å². The van der Waals surface area contributed by atoms with Crippen LogP contribution in [0, 0.1) is 0 Å². The van der Waals surface area contributed by atoms with Crippen LogP contribution >= 0.6 is 11.3 Å². The number of aromatic hydroxyl groups is 1. The number of aromatic nitrogens is 1. The van der Waals surface area contributed by atoms with Gasteiger partial charge in [-0.3, -0.25) is 0 Å². The van der Waals surface area contributed by atoms with Gasteiger partial charge in [0.25, 0.3) is 0 Å². The number of fused-ring (bicyclic) bond motifs is 1. The van der Waals surface area contributed by atoms with Crippen LogP contribution in [0.15, 0.2) is 45.3 Å². The quantitative estimate of drug-likeness (QED) is 0.568. The molecule has 0 aliphatic carbocycles. The van der Waals surface area contributed by atoms with Crippen molar-refractivity contribution < 1.29 is 19.1 Å². The van der Waals surface area contributed by atoms with Gasteiger partial charge in [-0.05, 0) is 43.5 Å². The molecule has 3 aromatic rings. The van der Waals surface area contributed by atoms with Crippen LogP contribution in [0.4, 0.5) is 11.7 Å². The van der Waals surface area contributed by atoms with E-state index < -0.39 is 5.97 Å². The van der Waals surface area contributed by atoms with E-state index >= 15 is 0 Å². The number of anilines is 1. The normalized spacial score (nSPS) is 13.8. The van der Waals surface area contributed by atoms with Gasteiger partial charge in [0.05, 0.1) is 12.6 Å². The van der Waals surface area contributed by atoms with Crippen molar-refractivity contribution in [3.05, 3.63) is 57.6 Å². The van der Waals surface area contributed by atoms with E-state index in [-0.39, 0.29) is 29.1 Å². The molecule has 0 fully saturated rings. The molecule has 0 radical (unpaired) electrons. The summed E-state index contributed by atoms with van der Waals surface area (Å²) in [5.74, 6) is 0.124. The lowest BCUT2D eigenvalue weighted by molar-refractivity contribution is 0.0375. The van der Waals surface area contributed by atoms with Gasteiger partial charge in [0, 0.05) is 35.5 Å². The zero-order chi connectivity index (χ0) is 21.3. The molecule has 0 spiro atoms. The highest BCUT2D eigenvalue weighted by Gasteiger charge is 2.30. The number of aliphatic imine (C=N–C) groups is 1. The van der Waals surface area contributed by atoms with Crippen molar-refractivity contribution in [3.8, 4) is 5.75 Å². The minimum absolute atomic E-state index is 0.0101. The smallest absolute Gasteiger partial charge is 0.347 e. The first-order chi connectivity index (χ1) is 14.4. The molecule has 154 valence electrons. The minimum Gasteiger partial charge on any atom is -0.504 e. The number of esters is 1. The summed E-state index contributed by atoms with van der Waals surface area (Å²) in [6.07, 6.45) is 4.65. The van der Waals surface area contributed by atoms with Gasteiger partial charge in [0.15, 0.2) is 22.9 Å². The third-order valence-corrected chi connectivity index (χ3v) is 5.33. The van der Waals surface area contributed by atoms with Gasteiger partial charge in [0.2, 0.25) is 5.88 Å². The highest BCUT2D eigenvalue weighted by Crippen LogP contribution is 2.40. The van der Waals surface area contributed by atoms with Crippen LogP contribution in [0.3, 0.4) is 0 Å². The van der Waals surface area contributed by atoms with Gasteiger partial charge in [-0.25, -0.2) is 14.8 Å². The average molecular weight is 423 g/mol. The predicted molar refractivity (Wildman–Crippen MR) is 118 cm³/mol. The molecule has 0 unspecified atom stereocenters. The molecule has 1 N–H and O–H groups in total. The Hall–Kier alpha value is -3.39. The summed E-state index contributed by atoms with van der Waals surface area (Å²) < 4.78 is 11.3. The molecule has 0 saturated heterocycles. The van der Waals surface area contributed by atoms with E-state index in [0.29, 0.717) is 12.4 Å². The van der Waals surface area contributed by atoms with Crippen molar-refractivity contribution in [2.45, 2.75) is 26.5 Å². The Morgan fingerprint density at radius 1 is 1.37 bits per heavy atom. The maximum absolute atomic E-state index is 12.7. The zero-order valence-electron chi connectivity index (χ0n) is 16.8. The molecule has 30 heavy (non-hydrogen) atoms. The third kappa shape index (κ3) is 3.86. The highest BCUT2D eigenvalue weighted by molar-refractivity contribution is 7.09. The van der Waals surface area contributed by atoms with Crippen LogP contribution in [0.2, 0.25) is 0 Å². The van der Waals surface area contributed by atoms with Crippen molar-refractivity contribution in [1.29, 1.82) is 0 Å². The van der Waals surface area contributed by atoms with E-state index in [2.05, 4.69) is 9.98 Å². The minimum atomic E-state index is -0.633. The number of pyridine rings is 1. The van der Waals surface area contributed by atoms with Gasteiger partial charge < -0.3 is 19.2 Å². The molecule has 0 amide bonds. The van der Waals surface area contributed by atoms with Crippen molar-refractivity contribution in [2.75, 3.05) is 11.9 Å². The van der Waals surface area contributed by atoms with Crippen molar-refractivity contribution >= 4 is 46.9 Å². The topological polar surface area (TPSA) is 88.2 Å². The first kappa shape index (κ1) is 19.9. The summed E-state index contributed by atoms with van der Waals surface area (Å²) >= 11 is 1.60. The van der Waals surface area contributed by atoms with Gasteiger partial charge in [-0.1, -0.05) is 6.07 Å². The maximum atomic E-state index is 12.7. The number of hydrogen-bond donors (Lipinski definition) is 1. The standard InChI is InChI=1S/C22H21N3O4S/c1-13(2)28-22(27)18-19(26)17(10-14-11-24-20-16(14)7-4-8-23-20)29-21(18)25(3)12-15-6-5-9-30-15/h4-11,13,26H,12H2,1-3H3. The van der Waals surface area contributed by atoms with Crippen molar-refractivity contribution in [1.82, 2.24) is 4.98 Å². The summed E-state index contributed by atoms with van der Waals surface area (Å²) in [4.78, 5) is 24.1. The number of allylic oxidation sites excluding steroid dienone is 1. The lowest BCUT2D eigenvalue weighted by atomic mass is 10.1. The number of carbonyl (C=O) groups excluding carboxylic acids is 1. The first-order valence-electron chi connectivity index (χ1n) is 9.45. The molecule has 0 bridgehead atoms. The molecule has 3 aromatic heterocycles. The number of hydrogen-bond acceptors (Lipinski definition) is 8. The van der Waals surface area contributed by atoms with Crippen LogP contribution in [0.1, 0.15) is 40.4 Å². The maximum Gasteiger partial charge on any atom is 0.347 e. The molecule has 0 aromatic carbocycles. The Bertz CT molecular complexity index is 1130. The molecule has 4 heterocycles. The van der Waals surface area contributed by atoms with E-state index in [4.69, 9.17) is 9.15 Å². The predicted octanol–water partition coefficient (Wildman–Crippen LogP) is 4.90. The fraction of sp³-hybridized carbons (Fsp3) is 0.227. The average Bonchev–Trinajstić information content (AvgIpc) is 3.42. The number of ether oxygens (including phenoxy) is 1. The van der Waals surface area contributed by atoms with E-state index in [0.717, 1.165) is 16.0 Å². The third-order valence-electron chi connectivity index (χ3n) is 4.47. The van der Waals surface area contributed by atoms with Crippen LogP contribution < -0.4 is 4.90 Å². The number of thiophene rings is 1. The van der Waals surface area contributed by atoms with Crippen LogP contribution in [-0.4, -0.2) is 35.4 Å². The molecule has 0 atom stereocenters. The fourth-order valence-corrected chi connectivity index (χ4v) is 3.90. The van der Waals surface area contributed by atoms with E-state index in [1.165, 1.54) is 0 Å².